The minimum atomic E-state index is -0.634. The van der Waals surface area contributed by atoms with Gasteiger partial charge in [0.25, 0.3) is 5.91 Å². The van der Waals surface area contributed by atoms with Crippen molar-refractivity contribution >= 4 is 40.1 Å². The molecule has 2 amide bonds. The molecule has 3 aromatic rings. The number of rotatable bonds is 6. The third-order valence-corrected chi connectivity index (χ3v) is 4.88. The Kier molecular flexibility index (Phi) is 5.14. The molecule has 2 aromatic heterocycles. The average molecular weight is 356 g/mol. The van der Waals surface area contributed by atoms with E-state index in [1.807, 2.05) is 43.5 Å². The van der Waals surface area contributed by atoms with Crippen LogP contribution in [0.5, 0.6) is 0 Å². The van der Waals surface area contributed by atoms with Crippen LogP contribution in [0.2, 0.25) is 0 Å². The second-order valence-electron chi connectivity index (χ2n) is 5.94. The van der Waals surface area contributed by atoms with Crippen LogP contribution in [0.1, 0.15) is 30.6 Å². The number of benzene rings is 1. The number of aromatic nitrogens is 2. The van der Waals surface area contributed by atoms with Crippen LogP contribution < -0.4 is 10.6 Å². The number of fused-ring (bicyclic) bond motifs is 1. The van der Waals surface area contributed by atoms with E-state index in [1.54, 1.807) is 11.4 Å². The molecule has 2 heterocycles. The zero-order chi connectivity index (χ0) is 17.8. The largest absolute Gasteiger partial charge is 0.340 e. The van der Waals surface area contributed by atoms with Gasteiger partial charge in [-0.2, -0.15) is 11.3 Å². The van der Waals surface area contributed by atoms with Gasteiger partial charge in [0.15, 0.2) is 0 Å². The lowest BCUT2D eigenvalue weighted by atomic mass is 9.98. The lowest BCUT2D eigenvalue weighted by Gasteiger charge is -2.22. The molecule has 130 valence electrons. The molecule has 0 fully saturated rings. The summed E-state index contributed by atoms with van der Waals surface area (Å²) in [5.74, 6) is -0.153. The van der Waals surface area contributed by atoms with Crippen LogP contribution in [0.15, 0.2) is 41.1 Å². The van der Waals surface area contributed by atoms with Crippen molar-refractivity contribution in [2.45, 2.75) is 26.3 Å². The number of carbonyl (C=O) groups is 2. The highest BCUT2D eigenvalue weighted by Crippen LogP contribution is 2.16. The molecule has 0 bridgehead atoms. The average Bonchev–Trinajstić information content (AvgIpc) is 3.27. The number of para-hydroxylation sites is 2. The molecule has 3 rings (SSSR count). The molecule has 0 aliphatic heterocycles. The third kappa shape index (κ3) is 3.88. The van der Waals surface area contributed by atoms with Crippen LogP contribution in [0.4, 0.5) is 5.95 Å². The third-order valence-electron chi connectivity index (χ3n) is 4.20. The maximum atomic E-state index is 12.7. The first kappa shape index (κ1) is 17.2. The molecule has 0 saturated heterocycles. The molecule has 0 aliphatic rings. The van der Waals surface area contributed by atoms with Gasteiger partial charge in [-0.05, 0) is 29.5 Å². The van der Waals surface area contributed by atoms with Gasteiger partial charge in [0.1, 0.15) is 6.04 Å². The lowest BCUT2D eigenvalue weighted by molar-refractivity contribution is -0.119. The van der Waals surface area contributed by atoms with Gasteiger partial charge in [0, 0.05) is 5.38 Å². The fourth-order valence-electron chi connectivity index (χ4n) is 2.53. The number of amides is 2. The summed E-state index contributed by atoms with van der Waals surface area (Å²) in [4.78, 5) is 32.5. The van der Waals surface area contributed by atoms with E-state index in [0.29, 0.717) is 11.5 Å². The van der Waals surface area contributed by atoms with Crippen LogP contribution in [0.3, 0.4) is 0 Å². The summed E-state index contributed by atoms with van der Waals surface area (Å²) >= 11 is 1.45. The number of nitrogens with one attached hydrogen (secondary N) is 3. The molecule has 3 N–H and O–H groups in total. The zero-order valence-corrected chi connectivity index (χ0v) is 14.9. The summed E-state index contributed by atoms with van der Waals surface area (Å²) in [5.41, 5.74) is 2.19. The number of thiophene rings is 1. The van der Waals surface area contributed by atoms with Gasteiger partial charge in [-0.25, -0.2) is 4.98 Å². The van der Waals surface area contributed by atoms with Crippen molar-refractivity contribution in [1.82, 2.24) is 15.3 Å². The lowest BCUT2D eigenvalue weighted by Crippen LogP contribution is -2.47. The van der Waals surface area contributed by atoms with E-state index in [1.165, 1.54) is 11.3 Å². The maximum absolute atomic E-state index is 12.7. The van der Waals surface area contributed by atoms with Gasteiger partial charge in [0.05, 0.1) is 16.6 Å². The molecular weight excluding hydrogens is 336 g/mol. The summed E-state index contributed by atoms with van der Waals surface area (Å²) in [5, 5.41) is 9.22. The molecule has 0 spiro atoms. The van der Waals surface area contributed by atoms with E-state index in [2.05, 4.69) is 20.6 Å². The van der Waals surface area contributed by atoms with Crippen molar-refractivity contribution in [3.8, 4) is 0 Å². The highest BCUT2D eigenvalue weighted by molar-refractivity contribution is 7.08. The van der Waals surface area contributed by atoms with Gasteiger partial charge in [-0.1, -0.05) is 32.4 Å². The summed E-state index contributed by atoms with van der Waals surface area (Å²) in [6.07, 6.45) is 0.766. The summed E-state index contributed by atoms with van der Waals surface area (Å²) < 4.78 is 0. The van der Waals surface area contributed by atoms with Crippen molar-refractivity contribution in [2.24, 2.45) is 5.92 Å². The molecule has 0 aliphatic carbocycles. The molecule has 0 saturated carbocycles. The molecule has 7 heteroatoms. The number of imidazole rings is 1. The maximum Gasteiger partial charge on any atom is 0.252 e. The summed E-state index contributed by atoms with van der Waals surface area (Å²) in [6.45, 7) is 3.93. The predicted octanol–water partition coefficient (Wildman–Crippen LogP) is 3.41. The number of hydrogen-bond donors (Lipinski definition) is 3. The molecule has 6 nitrogen and oxygen atoms in total. The van der Waals surface area contributed by atoms with Gasteiger partial charge < -0.3 is 10.3 Å². The number of nitrogens with zero attached hydrogens (tertiary/aromatic N) is 1. The predicted molar refractivity (Wildman–Crippen MR) is 99.8 cm³/mol. The van der Waals surface area contributed by atoms with E-state index in [9.17, 15) is 9.59 Å². The smallest absolute Gasteiger partial charge is 0.252 e. The van der Waals surface area contributed by atoms with Crippen molar-refractivity contribution < 1.29 is 9.59 Å². The monoisotopic (exact) mass is 356 g/mol. The number of aromatic amines is 1. The Hall–Kier alpha value is -2.67. The Morgan fingerprint density at radius 1 is 1.28 bits per heavy atom. The van der Waals surface area contributed by atoms with Crippen LogP contribution in [-0.2, 0) is 4.79 Å². The van der Waals surface area contributed by atoms with Crippen LogP contribution in [-0.4, -0.2) is 27.8 Å². The Bertz CT molecular complexity index is 839. The molecule has 0 radical (unpaired) electrons. The fourth-order valence-corrected chi connectivity index (χ4v) is 3.16. The highest BCUT2D eigenvalue weighted by Gasteiger charge is 2.27. The number of H-pyrrole nitrogens is 1. The van der Waals surface area contributed by atoms with Crippen molar-refractivity contribution in [2.75, 3.05) is 5.32 Å². The summed E-state index contributed by atoms with van der Waals surface area (Å²) in [6, 6.07) is 8.65. The molecule has 2 atom stereocenters. The quantitative estimate of drug-likeness (QED) is 0.632. The number of hydrogen-bond acceptors (Lipinski definition) is 4. The Morgan fingerprint density at radius 2 is 2.08 bits per heavy atom. The van der Waals surface area contributed by atoms with Crippen molar-refractivity contribution in [3.05, 3.63) is 46.7 Å². The minimum Gasteiger partial charge on any atom is -0.340 e. The summed E-state index contributed by atoms with van der Waals surface area (Å²) in [7, 11) is 0. The van der Waals surface area contributed by atoms with Gasteiger partial charge in [-0.3, -0.25) is 14.9 Å². The van der Waals surface area contributed by atoms with E-state index >= 15 is 0 Å². The van der Waals surface area contributed by atoms with Crippen molar-refractivity contribution in [3.63, 3.8) is 0 Å². The first-order valence-electron chi connectivity index (χ1n) is 8.17. The molecule has 25 heavy (non-hydrogen) atoms. The normalized spacial score (nSPS) is 13.4. The molecule has 1 aromatic carbocycles. The SMILES string of the molecule is CC[C@H](C)[C@H](NC(=O)c1ccsc1)C(=O)Nc1nc2ccccc2[nH]1. The van der Waals surface area contributed by atoms with Gasteiger partial charge >= 0.3 is 0 Å². The zero-order valence-electron chi connectivity index (χ0n) is 14.1. The van der Waals surface area contributed by atoms with Crippen LogP contribution in [0.25, 0.3) is 11.0 Å². The van der Waals surface area contributed by atoms with E-state index in [0.717, 1.165) is 17.5 Å². The first-order chi connectivity index (χ1) is 12.1. The second-order valence-corrected chi connectivity index (χ2v) is 6.72. The number of carbonyl (C=O) groups excluding carboxylic acids is 2. The second kappa shape index (κ2) is 7.48. The van der Waals surface area contributed by atoms with Gasteiger partial charge in [0.2, 0.25) is 11.9 Å². The molecular formula is C18H20N4O2S. The van der Waals surface area contributed by atoms with E-state index in [-0.39, 0.29) is 17.7 Å². The van der Waals surface area contributed by atoms with Crippen LogP contribution >= 0.6 is 11.3 Å². The highest BCUT2D eigenvalue weighted by atomic mass is 32.1. The molecule has 0 unspecified atom stereocenters. The van der Waals surface area contributed by atoms with E-state index < -0.39 is 6.04 Å². The number of anilines is 1. The Labute approximate surface area is 149 Å². The minimum absolute atomic E-state index is 0.00744. The fraction of sp³-hybridized carbons (Fsp3) is 0.278. The van der Waals surface area contributed by atoms with Gasteiger partial charge in [-0.15, -0.1) is 0 Å². The van der Waals surface area contributed by atoms with Crippen molar-refractivity contribution in [1.29, 1.82) is 0 Å². The first-order valence-corrected chi connectivity index (χ1v) is 9.11. The topological polar surface area (TPSA) is 86.9 Å². The van der Waals surface area contributed by atoms with Crippen LogP contribution in [0, 0.1) is 5.92 Å². The van der Waals surface area contributed by atoms with E-state index in [4.69, 9.17) is 0 Å². The Balaban J connectivity index is 1.75. The Morgan fingerprint density at radius 3 is 2.76 bits per heavy atom. The standard InChI is InChI=1S/C18H20N4O2S/c1-3-11(2)15(21-16(23)12-8-9-25-10-12)17(24)22-18-19-13-6-4-5-7-14(13)20-18/h4-11,15H,3H2,1-2H3,(H,21,23)(H2,19,20,22,24)/t11-,15-/m0/s1.